The van der Waals surface area contributed by atoms with Gasteiger partial charge in [0.25, 0.3) is 0 Å². The molecule has 0 amide bonds. The Bertz CT molecular complexity index is 89.5. The third kappa shape index (κ3) is 6.37. The first-order chi connectivity index (χ1) is 4.93. The maximum Gasteiger partial charge on any atom is 0.0594 e. The van der Waals surface area contributed by atoms with Crippen LogP contribution in [0.5, 0.6) is 0 Å². The molecule has 0 aliphatic carbocycles. The van der Waals surface area contributed by atoms with Crippen molar-refractivity contribution in [2.75, 3.05) is 39.4 Å². The second-order valence-corrected chi connectivity index (χ2v) is 2.60. The lowest BCUT2D eigenvalue weighted by Gasteiger charge is -2.26. The molecule has 1 aliphatic rings. The van der Waals surface area contributed by atoms with E-state index >= 15 is 0 Å². The minimum absolute atomic E-state index is 0. The Hall–Kier alpha value is 0.840. The fourth-order valence-corrected chi connectivity index (χ4v) is 1.14. The first-order valence-electron chi connectivity index (χ1n) is 3.93. The van der Waals surface area contributed by atoms with E-state index in [2.05, 4.69) is 4.90 Å². The van der Waals surface area contributed by atoms with Crippen LogP contribution in [0.1, 0.15) is 6.42 Å². The summed E-state index contributed by atoms with van der Waals surface area (Å²) in [6.07, 6.45) is 1.11. The molecule has 76 valence electrons. The van der Waals surface area contributed by atoms with Crippen LogP contribution in [0.2, 0.25) is 0 Å². The lowest BCUT2D eigenvalue weighted by molar-refractivity contribution is 0.0377. The fourth-order valence-electron chi connectivity index (χ4n) is 1.14. The number of halogens is 2. The first kappa shape index (κ1) is 15.3. The molecule has 0 aromatic heterocycles. The molecule has 2 N–H and O–H groups in total. The molecule has 0 spiro atoms. The Kier molecular flexibility index (Phi) is 12.7. The standard InChI is InChI=1S/C7H16N2O.2BrH/c8-2-1-3-9-4-6-10-7-5-9;;/h1-8H2;2*1H. The van der Waals surface area contributed by atoms with Gasteiger partial charge in [0.05, 0.1) is 13.2 Å². The van der Waals surface area contributed by atoms with Gasteiger partial charge in [0.1, 0.15) is 0 Å². The topological polar surface area (TPSA) is 38.5 Å². The number of hydrogen-bond acceptors (Lipinski definition) is 3. The molecule has 1 saturated heterocycles. The highest BCUT2D eigenvalue weighted by atomic mass is 79.9. The van der Waals surface area contributed by atoms with Crippen LogP contribution < -0.4 is 5.73 Å². The van der Waals surface area contributed by atoms with Crippen molar-refractivity contribution in [3.63, 3.8) is 0 Å². The van der Waals surface area contributed by atoms with Crippen molar-refractivity contribution in [1.29, 1.82) is 0 Å². The summed E-state index contributed by atoms with van der Waals surface area (Å²) in [5.41, 5.74) is 5.39. The minimum Gasteiger partial charge on any atom is -0.379 e. The van der Waals surface area contributed by atoms with Gasteiger partial charge in [-0.2, -0.15) is 0 Å². The minimum atomic E-state index is 0. The van der Waals surface area contributed by atoms with E-state index in [0.29, 0.717) is 0 Å². The molecular formula is C7H18Br2N2O. The molecule has 0 radical (unpaired) electrons. The van der Waals surface area contributed by atoms with Gasteiger partial charge in [-0.15, -0.1) is 34.0 Å². The average molecular weight is 306 g/mol. The second-order valence-electron chi connectivity index (χ2n) is 2.60. The molecule has 1 fully saturated rings. The van der Waals surface area contributed by atoms with Crippen molar-refractivity contribution < 1.29 is 4.74 Å². The normalized spacial score (nSPS) is 17.8. The van der Waals surface area contributed by atoms with Gasteiger partial charge < -0.3 is 10.5 Å². The van der Waals surface area contributed by atoms with Crippen LogP contribution in [0.25, 0.3) is 0 Å². The van der Waals surface area contributed by atoms with Gasteiger partial charge >= 0.3 is 0 Å². The van der Waals surface area contributed by atoms with Crippen LogP contribution >= 0.6 is 34.0 Å². The zero-order chi connectivity index (χ0) is 7.23. The molecule has 1 aliphatic heterocycles. The van der Waals surface area contributed by atoms with Crippen molar-refractivity contribution in [1.82, 2.24) is 4.90 Å². The molecule has 1 rings (SSSR count). The highest BCUT2D eigenvalue weighted by molar-refractivity contribution is 8.93. The smallest absolute Gasteiger partial charge is 0.0594 e. The Morgan fingerprint density at radius 3 is 2.25 bits per heavy atom. The van der Waals surface area contributed by atoms with Crippen LogP contribution in [-0.2, 0) is 4.74 Å². The average Bonchev–Trinajstić information content (AvgIpc) is 2.03. The molecule has 0 unspecified atom stereocenters. The SMILES string of the molecule is Br.Br.NCCCN1CCOCC1. The summed E-state index contributed by atoms with van der Waals surface area (Å²) in [7, 11) is 0. The molecule has 0 atom stereocenters. The quantitative estimate of drug-likeness (QED) is 0.839. The summed E-state index contributed by atoms with van der Waals surface area (Å²) in [4.78, 5) is 2.40. The Morgan fingerprint density at radius 1 is 1.17 bits per heavy atom. The van der Waals surface area contributed by atoms with Gasteiger partial charge in [-0.25, -0.2) is 0 Å². The molecule has 3 nitrogen and oxygen atoms in total. The summed E-state index contributed by atoms with van der Waals surface area (Å²) in [5.74, 6) is 0. The third-order valence-electron chi connectivity index (χ3n) is 1.78. The number of ether oxygens (including phenoxy) is 1. The number of nitrogens with zero attached hydrogens (tertiary/aromatic N) is 1. The van der Waals surface area contributed by atoms with E-state index in [0.717, 1.165) is 45.8 Å². The number of rotatable bonds is 3. The zero-order valence-electron chi connectivity index (χ0n) is 7.20. The number of morpholine rings is 1. The Morgan fingerprint density at radius 2 is 1.75 bits per heavy atom. The van der Waals surface area contributed by atoms with Crippen molar-refractivity contribution in [2.45, 2.75) is 6.42 Å². The molecule has 12 heavy (non-hydrogen) atoms. The summed E-state index contributed by atoms with van der Waals surface area (Å²) in [6.45, 7) is 5.90. The summed E-state index contributed by atoms with van der Waals surface area (Å²) >= 11 is 0. The lowest BCUT2D eigenvalue weighted by Crippen LogP contribution is -2.37. The molecular weight excluding hydrogens is 288 g/mol. The van der Waals surface area contributed by atoms with Gasteiger partial charge in [0.15, 0.2) is 0 Å². The summed E-state index contributed by atoms with van der Waals surface area (Å²) < 4.78 is 5.21. The van der Waals surface area contributed by atoms with E-state index in [1.165, 1.54) is 0 Å². The second kappa shape index (κ2) is 9.92. The van der Waals surface area contributed by atoms with Gasteiger partial charge in [-0.05, 0) is 19.5 Å². The monoisotopic (exact) mass is 304 g/mol. The molecule has 5 heteroatoms. The Labute approximate surface area is 95.2 Å². The van der Waals surface area contributed by atoms with Crippen molar-refractivity contribution >= 4 is 34.0 Å². The Balaban J connectivity index is 0. The van der Waals surface area contributed by atoms with Gasteiger partial charge in [0.2, 0.25) is 0 Å². The predicted molar refractivity (Wildman–Crippen MR) is 61.6 cm³/mol. The van der Waals surface area contributed by atoms with Crippen LogP contribution in [-0.4, -0.2) is 44.3 Å². The van der Waals surface area contributed by atoms with Crippen LogP contribution in [0, 0.1) is 0 Å². The van der Waals surface area contributed by atoms with Crippen LogP contribution in [0.3, 0.4) is 0 Å². The number of nitrogens with two attached hydrogens (primary N) is 1. The maximum atomic E-state index is 5.39. The highest BCUT2D eigenvalue weighted by Gasteiger charge is 2.07. The molecule has 0 saturated carbocycles. The van der Waals surface area contributed by atoms with Gasteiger partial charge in [-0.1, -0.05) is 0 Å². The van der Waals surface area contributed by atoms with Crippen molar-refractivity contribution in [3.05, 3.63) is 0 Å². The molecule has 0 aromatic rings. The zero-order valence-corrected chi connectivity index (χ0v) is 10.6. The van der Waals surface area contributed by atoms with E-state index in [1.807, 2.05) is 0 Å². The fraction of sp³-hybridized carbons (Fsp3) is 1.00. The highest BCUT2D eigenvalue weighted by Crippen LogP contribution is 1.96. The van der Waals surface area contributed by atoms with Crippen molar-refractivity contribution in [3.8, 4) is 0 Å². The van der Waals surface area contributed by atoms with Gasteiger partial charge in [0, 0.05) is 13.1 Å². The van der Waals surface area contributed by atoms with E-state index in [-0.39, 0.29) is 34.0 Å². The lowest BCUT2D eigenvalue weighted by atomic mass is 10.3. The van der Waals surface area contributed by atoms with Crippen LogP contribution in [0.15, 0.2) is 0 Å². The van der Waals surface area contributed by atoms with Crippen LogP contribution in [0.4, 0.5) is 0 Å². The number of hydrogen-bond donors (Lipinski definition) is 1. The largest absolute Gasteiger partial charge is 0.379 e. The third-order valence-corrected chi connectivity index (χ3v) is 1.78. The summed E-state index contributed by atoms with van der Waals surface area (Å²) in [6, 6.07) is 0. The first-order valence-corrected chi connectivity index (χ1v) is 3.93. The molecule has 1 heterocycles. The maximum absolute atomic E-state index is 5.39. The molecule has 0 aromatic carbocycles. The summed E-state index contributed by atoms with van der Waals surface area (Å²) in [5, 5.41) is 0. The van der Waals surface area contributed by atoms with E-state index in [1.54, 1.807) is 0 Å². The van der Waals surface area contributed by atoms with E-state index < -0.39 is 0 Å². The molecule has 0 bridgehead atoms. The van der Waals surface area contributed by atoms with Crippen molar-refractivity contribution in [2.24, 2.45) is 5.73 Å². The van der Waals surface area contributed by atoms with Gasteiger partial charge in [-0.3, -0.25) is 4.90 Å². The predicted octanol–water partition coefficient (Wildman–Crippen LogP) is 0.823. The van der Waals surface area contributed by atoms with E-state index in [4.69, 9.17) is 10.5 Å². The van der Waals surface area contributed by atoms with E-state index in [9.17, 15) is 0 Å².